The largest absolute Gasteiger partial charge is 0.478 e. The fourth-order valence-electron chi connectivity index (χ4n) is 2.57. The van der Waals surface area contributed by atoms with Crippen LogP contribution in [0, 0.1) is 0 Å². The zero-order chi connectivity index (χ0) is 12.4. The molecule has 0 atom stereocenters. The third-order valence-corrected chi connectivity index (χ3v) is 3.41. The molecule has 1 aliphatic heterocycles. The predicted octanol–water partition coefficient (Wildman–Crippen LogP) is 3.23. The topological polar surface area (TPSA) is 25.4 Å². The average molecular weight is 242 g/mol. The highest BCUT2D eigenvalue weighted by Gasteiger charge is 2.16. The van der Waals surface area contributed by atoms with Crippen LogP contribution < -0.4 is 9.64 Å². The quantitative estimate of drug-likeness (QED) is 0.826. The summed E-state index contributed by atoms with van der Waals surface area (Å²) in [5.74, 6) is 0.734. The Morgan fingerprint density at radius 2 is 2.00 bits per heavy atom. The number of anilines is 1. The smallest absolute Gasteiger partial charge is 0.215 e. The molecule has 0 N–H and O–H groups in total. The first kappa shape index (κ1) is 11.3. The monoisotopic (exact) mass is 242 g/mol. The highest BCUT2D eigenvalue weighted by Crippen LogP contribution is 2.31. The molecule has 3 heteroatoms. The van der Waals surface area contributed by atoms with Gasteiger partial charge in [-0.2, -0.15) is 0 Å². The highest BCUT2D eigenvalue weighted by molar-refractivity contribution is 5.92. The normalized spacial score (nSPS) is 15.3. The number of ether oxygens (including phenoxy) is 1. The first-order chi connectivity index (χ1) is 8.88. The van der Waals surface area contributed by atoms with E-state index >= 15 is 0 Å². The van der Waals surface area contributed by atoms with Crippen LogP contribution in [0.1, 0.15) is 19.8 Å². The molecule has 0 radical (unpaired) electrons. The van der Waals surface area contributed by atoms with Gasteiger partial charge >= 0.3 is 0 Å². The Balaban J connectivity index is 2.13. The summed E-state index contributed by atoms with van der Waals surface area (Å²) in [6.07, 6.45) is 2.56. The number of pyridine rings is 1. The van der Waals surface area contributed by atoms with E-state index in [0.29, 0.717) is 6.61 Å². The molecule has 94 valence electrons. The second kappa shape index (κ2) is 4.84. The van der Waals surface area contributed by atoms with Crippen LogP contribution in [0.2, 0.25) is 0 Å². The molecule has 1 aromatic heterocycles. The molecule has 3 nitrogen and oxygen atoms in total. The summed E-state index contributed by atoms with van der Waals surface area (Å²) < 4.78 is 5.58. The Hall–Kier alpha value is -1.77. The molecule has 0 saturated carbocycles. The first-order valence-electron chi connectivity index (χ1n) is 6.66. The van der Waals surface area contributed by atoms with Gasteiger partial charge in [0.05, 0.1) is 17.8 Å². The molecule has 18 heavy (non-hydrogen) atoms. The fraction of sp³-hybridized carbons (Fsp3) is 0.400. The van der Waals surface area contributed by atoms with E-state index in [1.54, 1.807) is 0 Å². The summed E-state index contributed by atoms with van der Waals surface area (Å²) in [6.45, 7) is 4.93. The summed E-state index contributed by atoms with van der Waals surface area (Å²) in [4.78, 5) is 6.99. The van der Waals surface area contributed by atoms with E-state index in [4.69, 9.17) is 4.74 Å². The first-order valence-corrected chi connectivity index (χ1v) is 6.66. The highest BCUT2D eigenvalue weighted by atomic mass is 16.5. The van der Waals surface area contributed by atoms with Gasteiger partial charge in [0.25, 0.3) is 0 Å². The molecule has 1 aliphatic rings. The minimum Gasteiger partial charge on any atom is -0.478 e. The second-order valence-electron chi connectivity index (χ2n) is 4.62. The Bertz CT molecular complexity index is 547. The summed E-state index contributed by atoms with van der Waals surface area (Å²) in [6, 6.07) is 10.4. The molecule has 0 spiro atoms. The van der Waals surface area contributed by atoms with Crippen molar-refractivity contribution in [3.8, 4) is 5.88 Å². The van der Waals surface area contributed by atoms with Crippen molar-refractivity contribution in [3.63, 3.8) is 0 Å². The molecule has 0 unspecified atom stereocenters. The maximum absolute atomic E-state index is 5.58. The number of rotatable bonds is 3. The SMILES string of the molecule is CCOc1cc(N2CCCC2)c2ccccc2n1. The van der Waals surface area contributed by atoms with Crippen LogP contribution in [0.3, 0.4) is 0 Å². The summed E-state index contributed by atoms with van der Waals surface area (Å²) in [7, 11) is 0. The van der Waals surface area contributed by atoms with Gasteiger partial charge in [-0.05, 0) is 25.8 Å². The maximum Gasteiger partial charge on any atom is 0.215 e. The van der Waals surface area contributed by atoms with Crippen molar-refractivity contribution >= 4 is 16.6 Å². The van der Waals surface area contributed by atoms with E-state index in [-0.39, 0.29) is 0 Å². The molecule has 0 aliphatic carbocycles. The molecular weight excluding hydrogens is 224 g/mol. The van der Waals surface area contributed by atoms with E-state index < -0.39 is 0 Å². The van der Waals surface area contributed by atoms with Gasteiger partial charge in [-0.1, -0.05) is 18.2 Å². The summed E-state index contributed by atoms with van der Waals surface area (Å²) >= 11 is 0. The lowest BCUT2D eigenvalue weighted by Gasteiger charge is -2.20. The molecule has 0 bridgehead atoms. The number of fused-ring (bicyclic) bond motifs is 1. The van der Waals surface area contributed by atoms with E-state index in [9.17, 15) is 0 Å². The predicted molar refractivity (Wildman–Crippen MR) is 74.4 cm³/mol. The fourth-order valence-corrected chi connectivity index (χ4v) is 2.57. The zero-order valence-electron chi connectivity index (χ0n) is 10.7. The van der Waals surface area contributed by atoms with Crippen LogP contribution in [0.15, 0.2) is 30.3 Å². The molecule has 1 saturated heterocycles. The molecule has 2 heterocycles. The van der Waals surface area contributed by atoms with E-state index in [0.717, 1.165) is 24.5 Å². The number of nitrogens with zero attached hydrogens (tertiary/aromatic N) is 2. The van der Waals surface area contributed by atoms with Gasteiger partial charge in [0, 0.05) is 24.5 Å². The van der Waals surface area contributed by atoms with Gasteiger partial charge in [0.1, 0.15) is 0 Å². The standard InChI is InChI=1S/C15H18N2O/c1-2-18-15-11-14(17-9-5-6-10-17)12-7-3-4-8-13(12)16-15/h3-4,7-8,11H,2,5-6,9-10H2,1H3. The third kappa shape index (κ3) is 2.01. The van der Waals surface area contributed by atoms with Gasteiger partial charge in [0.15, 0.2) is 0 Å². The van der Waals surface area contributed by atoms with Crippen molar-refractivity contribution in [1.82, 2.24) is 4.98 Å². The molecule has 2 aromatic rings. The Morgan fingerprint density at radius 3 is 2.78 bits per heavy atom. The van der Waals surface area contributed by atoms with Crippen molar-refractivity contribution in [3.05, 3.63) is 30.3 Å². The molecule has 0 amide bonds. The van der Waals surface area contributed by atoms with E-state index in [1.807, 2.05) is 13.0 Å². The Labute approximate surface area is 107 Å². The van der Waals surface area contributed by atoms with Gasteiger partial charge in [0.2, 0.25) is 5.88 Å². The van der Waals surface area contributed by atoms with E-state index in [2.05, 4.69) is 34.1 Å². The third-order valence-electron chi connectivity index (χ3n) is 3.41. The average Bonchev–Trinajstić information content (AvgIpc) is 2.92. The van der Waals surface area contributed by atoms with Crippen molar-refractivity contribution < 1.29 is 4.74 Å². The zero-order valence-corrected chi connectivity index (χ0v) is 10.7. The van der Waals surface area contributed by atoms with Crippen molar-refractivity contribution in [1.29, 1.82) is 0 Å². The Morgan fingerprint density at radius 1 is 1.22 bits per heavy atom. The van der Waals surface area contributed by atoms with Gasteiger partial charge in [-0.25, -0.2) is 4.98 Å². The minimum absolute atomic E-state index is 0.658. The number of benzene rings is 1. The van der Waals surface area contributed by atoms with Crippen LogP contribution in [0.4, 0.5) is 5.69 Å². The lowest BCUT2D eigenvalue weighted by Crippen LogP contribution is -2.18. The molecular formula is C15H18N2O. The number of aromatic nitrogens is 1. The van der Waals surface area contributed by atoms with Crippen molar-refractivity contribution in [2.45, 2.75) is 19.8 Å². The lowest BCUT2D eigenvalue weighted by atomic mass is 10.1. The number of hydrogen-bond acceptors (Lipinski definition) is 3. The number of hydrogen-bond donors (Lipinski definition) is 0. The summed E-state index contributed by atoms with van der Waals surface area (Å²) in [5, 5.41) is 1.22. The lowest BCUT2D eigenvalue weighted by molar-refractivity contribution is 0.328. The van der Waals surface area contributed by atoms with Crippen LogP contribution in [-0.4, -0.2) is 24.7 Å². The van der Waals surface area contributed by atoms with Crippen LogP contribution in [0.5, 0.6) is 5.88 Å². The van der Waals surface area contributed by atoms with Crippen LogP contribution >= 0.6 is 0 Å². The van der Waals surface area contributed by atoms with Crippen LogP contribution in [0.25, 0.3) is 10.9 Å². The van der Waals surface area contributed by atoms with Crippen molar-refractivity contribution in [2.24, 2.45) is 0 Å². The van der Waals surface area contributed by atoms with E-state index in [1.165, 1.54) is 23.9 Å². The maximum atomic E-state index is 5.58. The van der Waals surface area contributed by atoms with Gasteiger partial charge in [-0.15, -0.1) is 0 Å². The summed E-state index contributed by atoms with van der Waals surface area (Å²) in [5.41, 5.74) is 2.28. The second-order valence-corrected chi connectivity index (χ2v) is 4.62. The van der Waals surface area contributed by atoms with Gasteiger partial charge < -0.3 is 9.64 Å². The molecule has 1 fully saturated rings. The van der Waals surface area contributed by atoms with Crippen molar-refractivity contribution in [2.75, 3.05) is 24.6 Å². The van der Waals surface area contributed by atoms with Crippen LogP contribution in [-0.2, 0) is 0 Å². The van der Waals surface area contributed by atoms with Gasteiger partial charge in [-0.3, -0.25) is 0 Å². The molecule has 1 aromatic carbocycles. The minimum atomic E-state index is 0.658. The molecule has 3 rings (SSSR count). The Kier molecular flexibility index (Phi) is 3.05. The number of para-hydroxylation sites is 1.